The summed E-state index contributed by atoms with van der Waals surface area (Å²) in [5, 5.41) is 19.1. The van der Waals surface area contributed by atoms with Gasteiger partial charge in [0, 0.05) is 12.8 Å². The third-order valence-corrected chi connectivity index (χ3v) is 2.82. The van der Waals surface area contributed by atoms with Crippen LogP contribution in [0.15, 0.2) is 0 Å². The predicted octanol–water partition coefficient (Wildman–Crippen LogP) is 1.44. The molecule has 0 aromatic carbocycles. The largest absolute Gasteiger partial charge is 0.481 e. The summed E-state index contributed by atoms with van der Waals surface area (Å²) in [7, 11) is 0. The van der Waals surface area contributed by atoms with E-state index in [-0.39, 0.29) is 30.6 Å². The highest BCUT2D eigenvalue weighted by Gasteiger charge is 2.14. The first kappa shape index (κ1) is 16.0. The fraction of sp³-hybridized carbons (Fsp3) is 0.615. The van der Waals surface area contributed by atoms with Crippen molar-refractivity contribution in [1.82, 2.24) is 15.2 Å². The lowest BCUT2D eigenvalue weighted by Gasteiger charge is -2.09. The van der Waals surface area contributed by atoms with Crippen molar-refractivity contribution in [2.24, 2.45) is 5.92 Å². The number of aryl methyl sites for hydroxylation is 2. The van der Waals surface area contributed by atoms with E-state index in [4.69, 9.17) is 5.11 Å². The van der Waals surface area contributed by atoms with E-state index in [1.54, 1.807) is 6.92 Å². The number of nitrogens with zero attached hydrogens (tertiary/aromatic N) is 3. The van der Waals surface area contributed by atoms with E-state index in [2.05, 4.69) is 20.5 Å². The summed E-state index contributed by atoms with van der Waals surface area (Å²) >= 11 is 0. The standard InChI is InChI=1S/C13H20N4O3/c1-4-9-10(5-2)16-17-13(14-9)15-11(18)6-8(3)7-12(19)20/h8H,4-7H2,1-3H3,(H,19,20)(H,14,15,17,18). The Morgan fingerprint density at radius 1 is 1.15 bits per heavy atom. The van der Waals surface area contributed by atoms with Crippen molar-refractivity contribution in [2.45, 2.75) is 46.5 Å². The van der Waals surface area contributed by atoms with E-state index in [0.717, 1.165) is 24.2 Å². The summed E-state index contributed by atoms with van der Waals surface area (Å²) in [6.45, 7) is 5.64. The number of aromatic nitrogens is 3. The topological polar surface area (TPSA) is 105 Å². The first-order valence-corrected chi connectivity index (χ1v) is 6.70. The minimum atomic E-state index is -0.913. The zero-order valence-electron chi connectivity index (χ0n) is 12.0. The van der Waals surface area contributed by atoms with Crippen LogP contribution < -0.4 is 5.32 Å². The van der Waals surface area contributed by atoms with Crippen LogP contribution in [0.5, 0.6) is 0 Å². The summed E-state index contributed by atoms with van der Waals surface area (Å²) in [6, 6.07) is 0. The van der Waals surface area contributed by atoms with Gasteiger partial charge in [0.25, 0.3) is 0 Å². The lowest BCUT2D eigenvalue weighted by molar-refractivity contribution is -0.138. The lowest BCUT2D eigenvalue weighted by atomic mass is 10.0. The van der Waals surface area contributed by atoms with E-state index in [1.165, 1.54) is 0 Å². The van der Waals surface area contributed by atoms with E-state index >= 15 is 0 Å². The van der Waals surface area contributed by atoms with Crippen LogP contribution in [0.2, 0.25) is 0 Å². The Balaban J connectivity index is 2.64. The maximum atomic E-state index is 11.7. The summed E-state index contributed by atoms with van der Waals surface area (Å²) < 4.78 is 0. The molecule has 0 radical (unpaired) electrons. The van der Waals surface area contributed by atoms with E-state index in [0.29, 0.717) is 0 Å². The average molecular weight is 280 g/mol. The van der Waals surface area contributed by atoms with Crippen LogP contribution in [0.1, 0.15) is 45.0 Å². The summed E-state index contributed by atoms with van der Waals surface area (Å²) in [5.41, 5.74) is 1.64. The Labute approximate surface area is 117 Å². The normalized spacial score (nSPS) is 11.9. The molecule has 7 heteroatoms. The molecule has 0 saturated heterocycles. The minimum absolute atomic E-state index is 0.0402. The second-order valence-corrected chi connectivity index (χ2v) is 4.69. The Morgan fingerprint density at radius 3 is 2.35 bits per heavy atom. The van der Waals surface area contributed by atoms with Gasteiger partial charge in [-0.3, -0.25) is 14.9 Å². The van der Waals surface area contributed by atoms with Gasteiger partial charge in [-0.25, -0.2) is 4.98 Å². The summed E-state index contributed by atoms with van der Waals surface area (Å²) in [6.07, 6.45) is 1.54. The number of anilines is 1. The Kier molecular flexibility index (Phi) is 6.02. The highest BCUT2D eigenvalue weighted by atomic mass is 16.4. The molecule has 0 fully saturated rings. The Hall–Kier alpha value is -2.05. The Bertz CT molecular complexity index is 491. The van der Waals surface area contributed by atoms with Gasteiger partial charge in [-0.05, 0) is 18.8 Å². The third-order valence-electron chi connectivity index (χ3n) is 2.82. The summed E-state index contributed by atoms with van der Waals surface area (Å²) in [4.78, 5) is 26.5. The van der Waals surface area contributed by atoms with Crippen molar-refractivity contribution in [3.63, 3.8) is 0 Å². The number of amides is 1. The molecule has 0 bridgehead atoms. The molecule has 0 aliphatic heterocycles. The van der Waals surface area contributed by atoms with Crippen molar-refractivity contribution < 1.29 is 14.7 Å². The minimum Gasteiger partial charge on any atom is -0.481 e. The number of carboxylic acid groups (broad SMARTS) is 1. The van der Waals surface area contributed by atoms with Crippen LogP contribution in [0.25, 0.3) is 0 Å². The van der Waals surface area contributed by atoms with Crippen molar-refractivity contribution in [3.8, 4) is 0 Å². The first-order valence-electron chi connectivity index (χ1n) is 6.70. The summed E-state index contributed by atoms with van der Waals surface area (Å²) in [5.74, 6) is -1.27. The van der Waals surface area contributed by atoms with Gasteiger partial charge < -0.3 is 5.11 Å². The van der Waals surface area contributed by atoms with Gasteiger partial charge in [0.2, 0.25) is 11.9 Å². The molecule has 0 aliphatic rings. The van der Waals surface area contributed by atoms with Crippen LogP contribution >= 0.6 is 0 Å². The molecule has 1 heterocycles. The first-order chi connectivity index (χ1) is 9.46. The molecule has 0 aliphatic carbocycles. The quantitative estimate of drug-likeness (QED) is 0.783. The number of carbonyl (C=O) groups excluding carboxylic acids is 1. The van der Waals surface area contributed by atoms with Gasteiger partial charge in [0.15, 0.2) is 0 Å². The number of hydrogen-bond acceptors (Lipinski definition) is 5. The monoisotopic (exact) mass is 280 g/mol. The number of carboxylic acids is 1. The Morgan fingerprint density at radius 2 is 1.80 bits per heavy atom. The van der Waals surface area contributed by atoms with Crippen LogP contribution in [-0.2, 0) is 22.4 Å². The third kappa shape index (κ3) is 4.91. The molecule has 1 amide bonds. The van der Waals surface area contributed by atoms with Crippen LogP contribution in [0.3, 0.4) is 0 Å². The predicted molar refractivity (Wildman–Crippen MR) is 73.2 cm³/mol. The van der Waals surface area contributed by atoms with E-state index < -0.39 is 5.97 Å². The second kappa shape index (κ2) is 7.52. The molecule has 1 unspecified atom stereocenters. The van der Waals surface area contributed by atoms with Crippen LogP contribution in [0, 0.1) is 5.92 Å². The van der Waals surface area contributed by atoms with Gasteiger partial charge >= 0.3 is 5.97 Å². The van der Waals surface area contributed by atoms with E-state index in [9.17, 15) is 9.59 Å². The number of nitrogens with one attached hydrogen (secondary N) is 1. The van der Waals surface area contributed by atoms with Gasteiger partial charge in [0.1, 0.15) is 0 Å². The van der Waals surface area contributed by atoms with Crippen molar-refractivity contribution in [2.75, 3.05) is 5.32 Å². The average Bonchev–Trinajstić information content (AvgIpc) is 2.37. The number of aliphatic carboxylic acids is 1. The molecule has 1 aromatic rings. The van der Waals surface area contributed by atoms with Gasteiger partial charge in [-0.1, -0.05) is 20.8 Å². The number of rotatable bonds is 7. The van der Waals surface area contributed by atoms with Gasteiger partial charge in [0.05, 0.1) is 11.4 Å². The molecule has 0 saturated carbocycles. The molecular formula is C13H20N4O3. The smallest absolute Gasteiger partial charge is 0.303 e. The van der Waals surface area contributed by atoms with Gasteiger partial charge in [-0.2, -0.15) is 0 Å². The van der Waals surface area contributed by atoms with Crippen molar-refractivity contribution >= 4 is 17.8 Å². The molecule has 1 atom stereocenters. The lowest BCUT2D eigenvalue weighted by Crippen LogP contribution is -2.19. The molecule has 0 spiro atoms. The fourth-order valence-electron chi connectivity index (χ4n) is 1.85. The molecular weight excluding hydrogens is 260 g/mol. The molecule has 1 aromatic heterocycles. The SMILES string of the molecule is CCc1nnc(NC(=O)CC(C)CC(=O)O)nc1CC. The molecule has 7 nitrogen and oxygen atoms in total. The molecule has 1 rings (SSSR count). The molecule has 110 valence electrons. The highest BCUT2D eigenvalue weighted by molar-refractivity contribution is 5.89. The van der Waals surface area contributed by atoms with Crippen molar-refractivity contribution in [1.29, 1.82) is 0 Å². The second-order valence-electron chi connectivity index (χ2n) is 4.69. The maximum absolute atomic E-state index is 11.7. The highest BCUT2D eigenvalue weighted by Crippen LogP contribution is 2.10. The molecule has 2 N–H and O–H groups in total. The fourth-order valence-corrected chi connectivity index (χ4v) is 1.85. The van der Waals surface area contributed by atoms with E-state index in [1.807, 2.05) is 13.8 Å². The zero-order valence-corrected chi connectivity index (χ0v) is 12.0. The van der Waals surface area contributed by atoms with Crippen molar-refractivity contribution in [3.05, 3.63) is 11.4 Å². The zero-order chi connectivity index (χ0) is 15.1. The van der Waals surface area contributed by atoms with Crippen LogP contribution in [0.4, 0.5) is 5.95 Å². The van der Waals surface area contributed by atoms with Crippen LogP contribution in [-0.4, -0.2) is 32.2 Å². The number of hydrogen-bond donors (Lipinski definition) is 2. The van der Waals surface area contributed by atoms with Gasteiger partial charge in [-0.15, -0.1) is 10.2 Å². The number of carbonyl (C=O) groups is 2. The maximum Gasteiger partial charge on any atom is 0.303 e. The molecule has 20 heavy (non-hydrogen) atoms.